The summed E-state index contributed by atoms with van der Waals surface area (Å²) in [6.45, 7) is 4.28. The number of halogens is 4. The molecule has 2 aromatic carbocycles. The largest absolute Gasteiger partial charge is 0.450 e. The highest BCUT2D eigenvalue weighted by atomic mass is 35.5. The van der Waals surface area contributed by atoms with Crippen LogP contribution in [-0.4, -0.2) is 54.5 Å². The summed E-state index contributed by atoms with van der Waals surface area (Å²) in [6.07, 6.45) is -1.24. The summed E-state index contributed by atoms with van der Waals surface area (Å²) in [5, 5.41) is 3.46. The summed E-state index contributed by atoms with van der Waals surface area (Å²) < 4.78 is 46.2. The maximum absolute atomic E-state index is 13.7. The number of nitrogens with one attached hydrogen (secondary N) is 1. The number of carbonyl (C=O) groups is 2. The van der Waals surface area contributed by atoms with Gasteiger partial charge in [0.25, 0.3) is 0 Å². The number of fused-ring (bicyclic) bond motifs is 1. The van der Waals surface area contributed by atoms with E-state index in [0.717, 1.165) is 30.0 Å². The van der Waals surface area contributed by atoms with Gasteiger partial charge in [0.2, 0.25) is 0 Å². The molecule has 5 rings (SSSR count). The third-order valence-corrected chi connectivity index (χ3v) is 7.98. The summed E-state index contributed by atoms with van der Waals surface area (Å²) in [6, 6.07) is 12.8. The molecule has 7 nitrogen and oxygen atoms in total. The number of hydrogen-bond donors (Lipinski definition) is 1. The second-order valence-electron chi connectivity index (χ2n) is 10.6. The standard InChI is InChI=1S/C31H32ClF3N4O3/c1-2-42-30(41)38-11-8-20(9-12-38)14-28(40)22-5-3-4-21(15-22)23-17-27-29(37-18-23)36-10-13-39(27)19-24-16-25(32)6-7-26(24)31(33,34)35/h3-7,15-18,20H,2,8-14,19H2,1H3,(H,36,37). The van der Waals surface area contributed by atoms with Gasteiger partial charge in [0.15, 0.2) is 5.78 Å². The maximum Gasteiger partial charge on any atom is 0.416 e. The smallest absolute Gasteiger partial charge is 0.416 e. The first-order chi connectivity index (χ1) is 20.1. The van der Waals surface area contributed by atoms with Gasteiger partial charge in [0.1, 0.15) is 5.82 Å². The molecule has 0 saturated carbocycles. The first-order valence-corrected chi connectivity index (χ1v) is 14.4. The summed E-state index contributed by atoms with van der Waals surface area (Å²) in [7, 11) is 0. The number of Topliss-reactive ketones (excluding diaryl/α,β-unsaturated/α-hetero) is 1. The van der Waals surface area contributed by atoms with Gasteiger partial charge >= 0.3 is 12.3 Å². The predicted molar refractivity (Wildman–Crippen MR) is 156 cm³/mol. The molecular formula is C31H32ClF3N4O3. The van der Waals surface area contributed by atoms with Crippen molar-refractivity contribution in [3.05, 3.63) is 76.4 Å². The van der Waals surface area contributed by atoms with Crippen molar-refractivity contribution in [3.8, 4) is 11.1 Å². The van der Waals surface area contributed by atoms with Crippen LogP contribution < -0.4 is 10.2 Å². The highest BCUT2D eigenvalue weighted by Crippen LogP contribution is 2.37. The highest BCUT2D eigenvalue weighted by molar-refractivity contribution is 6.30. The van der Waals surface area contributed by atoms with Crippen LogP contribution in [0.1, 0.15) is 47.7 Å². The Morgan fingerprint density at radius 1 is 1.07 bits per heavy atom. The lowest BCUT2D eigenvalue weighted by molar-refractivity contribution is -0.138. The van der Waals surface area contributed by atoms with E-state index in [4.69, 9.17) is 16.3 Å². The molecule has 1 amide bonds. The van der Waals surface area contributed by atoms with Crippen LogP contribution in [0.25, 0.3) is 11.1 Å². The van der Waals surface area contributed by atoms with E-state index in [2.05, 4.69) is 10.3 Å². The van der Waals surface area contributed by atoms with Gasteiger partial charge in [0.05, 0.1) is 17.9 Å². The van der Waals surface area contributed by atoms with Crippen LogP contribution in [-0.2, 0) is 17.5 Å². The Hall–Kier alpha value is -3.79. The molecule has 0 atom stereocenters. The molecule has 0 radical (unpaired) electrons. The topological polar surface area (TPSA) is 74.8 Å². The molecule has 11 heteroatoms. The molecule has 1 fully saturated rings. The van der Waals surface area contributed by atoms with Crippen LogP contribution in [0.5, 0.6) is 0 Å². The lowest BCUT2D eigenvalue weighted by Crippen LogP contribution is -2.39. The first-order valence-electron chi connectivity index (χ1n) is 14.0. The molecule has 0 spiro atoms. The maximum atomic E-state index is 13.7. The number of rotatable bonds is 7. The molecule has 3 aromatic rings. The fourth-order valence-corrected chi connectivity index (χ4v) is 5.74. The van der Waals surface area contributed by atoms with E-state index in [-0.39, 0.29) is 34.9 Å². The SMILES string of the molecule is CCOC(=O)N1CCC(CC(=O)c2cccc(-c3cnc4c(c3)N(Cc3cc(Cl)ccc3C(F)(F)F)CCN4)c2)CC1. The van der Waals surface area contributed by atoms with Crippen molar-refractivity contribution in [1.29, 1.82) is 0 Å². The Morgan fingerprint density at radius 3 is 2.60 bits per heavy atom. The second-order valence-corrected chi connectivity index (χ2v) is 11.0. The lowest BCUT2D eigenvalue weighted by Gasteiger charge is -2.32. The zero-order chi connectivity index (χ0) is 29.9. The number of ketones is 1. The van der Waals surface area contributed by atoms with E-state index < -0.39 is 11.7 Å². The van der Waals surface area contributed by atoms with Crippen molar-refractivity contribution in [3.63, 3.8) is 0 Å². The van der Waals surface area contributed by atoms with Crippen LogP contribution in [0, 0.1) is 5.92 Å². The van der Waals surface area contributed by atoms with Crippen molar-refractivity contribution in [2.24, 2.45) is 5.92 Å². The van der Waals surface area contributed by atoms with Crippen LogP contribution in [0.4, 0.5) is 29.5 Å². The average molecular weight is 601 g/mol. The van der Waals surface area contributed by atoms with Crippen LogP contribution in [0.3, 0.4) is 0 Å². The summed E-state index contributed by atoms with van der Waals surface area (Å²) >= 11 is 6.06. The number of nitrogens with zero attached hydrogens (tertiary/aromatic N) is 3. The number of anilines is 2. The van der Waals surface area contributed by atoms with E-state index >= 15 is 0 Å². The summed E-state index contributed by atoms with van der Waals surface area (Å²) in [5.41, 5.74) is 2.18. The minimum atomic E-state index is -4.50. The molecule has 222 valence electrons. The normalized spacial score (nSPS) is 15.6. The van der Waals surface area contributed by atoms with E-state index in [1.54, 1.807) is 24.1 Å². The first kappa shape index (κ1) is 29.7. The number of likely N-dealkylation sites (tertiary alicyclic amines) is 1. The molecule has 1 aromatic heterocycles. The quantitative estimate of drug-likeness (QED) is 0.287. The van der Waals surface area contributed by atoms with Crippen molar-refractivity contribution >= 4 is 35.0 Å². The van der Waals surface area contributed by atoms with E-state index in [1.165, 1.54) is 12.1 Å². The molecule has 1 N–H and O–H groups in total. The average Bonchev–Trinajstić information content (AvgIpc) is 2.97. The zero-order valence-electron chi connectivity index (χ0n) is 23.2. The number of carbonyl (C=O) groups excluding carboxylic acids is 2. The zero-order valence-corrected chi connectivity index (χ0v) is 24.0. The number of piperidine rings is 1. The van der Waals surface area contributed by atoms with E-state index in [1.807, 2.05) is 29.2 Å². The fourth-order valence-electron chi connectivity index (χ4n) is 5.54. The van der Waals surface area contributed by atoms with Gasteiger partial charge in [-0.1, -0.05) is 29.8 Å². The van der Waals surface area contributed by atoms with Crippen LogP contribution in [0.15, 0.2) is 54.7 Å². The molecule has 2 aliphatic heterocycles. The lowest BCUT2D eigenvalue weighted by atomic mass is 9.89. The Balaban J connectivity index is 1.32. The minimum absolute atomic E-state index is 0.0166. The van der Waals surface area contributed by atoms with Gasteiger partial charge in [-0.3, -0.25) is 4.79 Å². The number of pyridine rings is 1. The Bertz CT molecular complexity index is 1460. The number of hydrogen-bond acceptors (Lipinski definition) is 6. The number of ether oxygens (including phenoxy) is 1. The van der Waals surface area contributed by atoms with Crippen molar-refractivity contribution < 1.29 is 27.5 Å². The third-order valence-electron chi connectivity index (χ3n) is 7.75. The van der Waals surface area contributed by atoms with Gasteiger partial charge in [-0.05, 0) is 67.1 Å². The number of alkyl halides is 3. The monoisotopic (exact) mass is 600 g/mol. The van der Waals surface area contributed by atoms with Gasteiger partial charge in [-0.2, -0.15) is 13.2 Å². The number of aromatic nitrogens is 1. The third kappa shape index (κ3) is 6.81. The summed E-state index contributed by atoms with van der Waals surface area (Å²) in [4.78, 5) is 33.3. The molecule has 2 aliphatic rings. The summed E-state index contributed by atoms with van der Waals surface area (Å²) in [5.74, 6) is 0.799. The number of amides is 1. The Labute approximate surface area is 247 Å². The second kappa shape index (κ2) is 12.6. The highest BCUT2D eigenvalue weighted by Gasteiger charge is 2.34. The molecule has 1 saturated heterocycles. The van der Waals surface area contributed by atoms with Crippen molar-refractivity contribution in [2.75, 3.05) is 43.0 Å². The molecule has 3 heterocycles. The van der Waals surface area contributed by atoms with Gasteiger partial charge in [0, 0.05) is 61.5 Å². The van der Waals surface area contributed by atoms with E-state index in [0.29, 0.717) is 56.3 Å². The minimum Gasteiger partial charge on any atom is -0.450 e. The van der Waals surface area contributed by atoms with Gasteiger partial charge in [-0.25, -0.2) is 9.78 Å². The molecule has 0 aliphatic carbocycles. The van der Waals surface area contributed by atoms with Gasteiger partial charge < -0.3 is 19.9 Å². The Kier molecular flexibility index (Phi) is 8.91. The van der Waals surface area contributed by atoms with Crippen molar-refractivity contribution in [2.45, 2.75) is 38.9 Å². The van der Waals surface area contributed by atoms with E-state index in [9.17, 15) is 22.8 Å². The van der Waals surface area contributed by atoms with Gasteiger partial charge in [-0.15, -0.1) is 0 Å². The predicted octanol–water partition coefficient (Wildman–Crippen LogP) is 7.29. The van der Waals surface area contributed by atoms with Crippen LogP contribution in [0.2, 0.25) is 5.02 Å². The number of benzene rings is 2. The molecule has 42 heavy (non-hydrogen) atoms. The Morgan fingerprint density at radius 2 is 1.86 bits per heavy atom. The fraction of sp³-hybridized carbons (Fsp3) is 0.387. The molecule has 0 unspecified atom stereocenters. The van der Waals surface area contributed by atoms with Crippen molar-refractivity contribution in [1.82, 2.24) is 9.88 Å². The molecular weight excluding hydrogens is 569 g/mol. The van der Waals surface area contributed by atoms with Crippen LogP contribution >= 0.6 is 11.6 Å². The molecule has 0 bridgehead atoms.